The van der Waals surface area contributed by atoms with Crippen LogP contribution in [0.5, 0.6) is 0 Å². The van der Waals surface area contributed by atoms with Gasteiger partial charge >= 0.3 is 0 Å². The molecule has 0 atom stereocenters. The molecule has 0 unspecified atom stereocenters. The first-order valence-electron chi connectivity index (χ1n) is 6.95. The van der Waals surface area contributed by atoms with E-state index in [-0.39, 0.29) is 10.8 Å². The highest BCUT2D eigenvalue weighted by atomic mass is 32.2. The second-order valence-corrected chi connectivity index (χ2v) is 7.98. The first-order chi connectivity index (χ1) is 10.4. The maximum absolute atomic E-state index is 12.1. The van der Waals surface area contributed by atoms with Crippen molar-refractivity contribution in [2.24, 2.45) is 5.14 Å². The molecule has 0 fully saturated rings. The Kier molecular flexibility index (Phi) is 4.03. The van der Waals surface area contributed by atoms with Crippen molar-refractivity contribution in [2.75, 3.05) is 0 Å². The van der Waals surface area contributed by atoms with Crippen molar-refractivity contribution >= 4 is 27.3 Å². The van der Waals surface area contributed by atoms with Crippen LogP contribution in [-0.2, 0) is 29.4 Å². The van der Waals surface area contributed by atoms with Crippen molar-refractivity contribution in [1.29, 1.82) is 0 Å². The number of rotatable bonds is 4. The first-order valence-corrected chi connectivity index (χ1v) is 9.31. The number of aryl methyl sites for hydroxylation is 2. The monoisotopic (exact) mass is 336 g/mol. The van der Waals surface area contributed by atoms with E-state index in [9.17, 15) is 13.2 Å². The maximum atomic E-state index is 12.1. The van der Waals surface area contributed by atoms with Gasteiger partial charge in [-0.1, -0.05) is 12.1 Å². The number of sulfonamides is 1. The molecule has 1 amide bonds. The van der Waals surface area contributed by atoms with Gasteiger partial charge in [0.1, 0.15) is 0 Å². The van der Waals surface area contributed by atoms with E-state index in [2.05, 4.69) is 5.32 Å². The van der Waals surface area contributed by atoms with Crippen LogP contribution in [0.4, 0.5) is 0 Å². The molecule has 5 nitrogen and oxygen atoms in total. The van der Waals surface area contributed by atoms with E-state index in [1.165, 1.54) is 29.0 Å². The van der Waals surface area contributed by atoms with Crippen molar-refractivity contribution in [2.45, 2.75) is 30.7 Å². The van der Waals surface area contributed by atoms with Crippen molar-refractivity contribution in [1.82, 2.24) is 5.32 Å². The van der Waals surface area contributed by atoms with Gasteiger partial charge in [-0.3, -0.25) is 4.79 Å². The van der Waals surface area contributed by atoms with Crippen LogP contribution >= 0.6 is 11.3 Å². The molecular weight excluding hydrogens is 320 g/mol. The molecule has 1 aromatic heterocycles. The third-order valence-corrected chi connectivity index (χ3v) is 5.84. The summed E-state index contributed by atoms with van der Waals surface area (Å²) in [5.41, 5.74) is 2.12. The summed E-state index contributed by atoms with van der Waals surface area (Å²) in [4.78, 5) is 14.3. The Labute approximate surface area is 133 Å². The van der Waals surface area contributed by atoms with Crippen LogP contribution in [0, 0.1) is 0 Å². The van der Waals surface area contributed by atoms with Gasteiger partial charge in [0, 0.05) is 11.4 Å². The van der Waals surface area contributed by atoms with Crippen molar-refractivity contribution in [3.05, 3.63) is 51.2 Å². The lowest BCUT2D eigenvalue weighted by Gasteiger charge is -2.05. The van der Waals surface area contributed by atoms with E-state index in [1.54, 1.807) is 23.5 Å². The van der Waals surface area contributed by atoms with Crippen LogP contribution in [0.2, 0.25) is 0 Å². The maximum Gasteiger partial charge on any atom is 0.261 e. The fourth-order valence-corrected chi connectivity index (χ4v) is 4.19. The SMILES string of the molecule is NS(=O)(=O)c1ccc(CNC(=O)c2cc3c(s2)CCC3)cc1. The highest BCUT2D eigenvalue weighted by Crippen LogP contribution is 2.30. The third-order valence-electron chi connectivity index (χ3n) is 3.68. The van der Waals surface area contributed by atoms with E-state index in [1.807, 2.05) is 6.07 Å². The van der Waals surface area contributed by atoms with Gasteiger partial charge in [0.05, 0.1) is 9.77 Å². The van der Waals surface area contributed by atoms with Crippen LogP contribution in [0.25, 0.3) is 0 Å². The summed E-state index contributed by atoms with van der Waals surface area (Å²) in [6.07, 6.45) is 3.32. The molecular formula is C15H16N2O3S2. The number of carbonyl (C=O) groups excluding carboxylic acids is 1. The molecule has 1 aromatic carbocycles. The van der Waals surface area contributed by atoms with Gasteiger partial charge in [-0.15, -0.1) is 11.3 Å². The lowest BCUT2D eigenvalue weighted by Crippen LogP contribution is -2.22. The molecule has 1 heterocycles. The predicted octanol–water partition coefficient (Wildman–Crippen LogP) is 1.81. The molecule has 3 rings (SSSR count). The number of benzene rings is 1. The number of hydrogen-bond acceptors (Lipinski definition) is 4. The fraction of sp³-hybridized carbons (Fsp3) is 0.267. The van der Waals surface area contributed by atoms with E-state index < -0.39 is 10.0 Å². The molecule has 0 aliphatic heterocycles. The molecule has 0 saturated carbocycles. The summed E-state index contributed by atoms with van der Waals surface area (Å²) >= 11 is 1.56. The van der Waals surface area contributed by atoms with Gasteiger partial charge in [0.2, 0.25) is 10.0 Å². The number of amides is 1. The van der Waals surface area contributed by atoms with E-state index >= 15 is 0 Å². The van der Waals surface area contributed by atoms with Gasteiger partial charge in [-0.2, -0.15) is 0 Å². The van der Waals surface area contributed by atoms with E-state index in [0.717, 1.165) is 23.3 Å². The van der Waals surface area contributed by atoms with Crippen LogP contribution in [0.1, 0.15) is 32.1 Å². The highest BCUT2D eigenvalue weighted by molar-refractivity contribution is 7.89. The number of thiophene rings is 1. The summed E-state index contributed by atoms with van der Waals surface area (Å²) in [5, 5.41) is 7.90. The molecule has 0 saturated heterocycles. The number of nitrogens with two attached hydrogens (primary N) is 1. The average Bonchev–Trinajstić information content (AvgIpc) is 3.05. The van der Waals surface area contributed by atoms with Crippen molar-refractivity contribution < 1.29 is 13.2 Å². The van der Waals surface area contributed by atoms with Crippen molar-refractivity contribution in [3.8, 4) is 0 Å². The van der Waals surface area contributed by atoms with Gasteiger partial charge in [0.15, 0.2) is 0 Å². The Bertz CT molecular complexity index is 786. The highest BCUT2D eigenvalue weighted by Gasteiger charge is 2.18. The van der Waals surface area contributed by atoms with Gasteiger partial charge in [0.25, 0.3) is 5.91 Å². The van der Waals surface area contributed by atoms with Gasteiger partial charge in [-0.25, -0.2) is 13.6 Å². The average molecular weight is 336 g/mol. The van der Waals surface area contributed by atoms with Gasteiger partial charge in [-0.05, 0) is 48.6 Å². The molecule has 3 N–H and O–H groups in total. The molecule has 1 aliphatic rings. The van der Waals surface area contributed by atoms with Gasteiger partial charge < -0.3 is 5.32 Å². The topological polar surface area (TPSA) is 89.3 Å². The van der Waals surface area contributed by atoms with Crippen LogP contribution in [0.3, 0.4) is 0 Å². The van der Waals surface area contributed by atoms with Crippen molar-refractivity contribution in [3.63, 3.8) is 0 Å². The smallest absolute Gasteiger partial charge is 0.261 e. The number of nitrogens with one attached hydrogen (secondary N) is 1. The van der Waals surface area contributed by atoms with E-state index in [0.29, 0.717) is 6.54 Å². The number of primary sulfonamides is 1. The number of carbonyl (C=O) groups is 1. The minimum Gasteiger partial charge on any atom is -0.347 e. The summed E-state index contributed by atoms with van der Waals surface area (Å²) in [6.45, 7) is 0.353. The molecule has 0 bridgehead atoms. The summed E-state index contributed by atoms with van der Waals surface area (Å²) in [6, 6.07) is 8.16. The summed E-state index contributed by atoms with van der Waals surface area (Å²) in [7, 11) is -3.68. The molecule has 7 heteroatoms. The number of hydrogen-bond donors (Lipinski definition) is 2. The Morgan fingerprint density at radius 1 is 1.23 bits per heavy atom. The molecule has 2 aromatic rings. The largest absolute Gasteiger partial charge is 0.347 e. The zero-order chi connectivity index (χ0) is 15.7. The summed E-state index contributed by atoms with van der Waals surface area (Å²) in [5.74, 6) is -0.0880. The lowest BCUT2D eigenvalue weighted by atomic mass is 10.2. The normalized spacial score (nSPS) is 13.9. The predicted molar refractivity (Wildman–Crippen MR) is 85.3 cm³/mol. The summed E-state index contributed by atoms with van der Waals surface area (Å²) < 4.78 is 22.3. The second-order valence-electron chi connectivity index (χ2n) is 5.28. The van der Waals surface area contributed by atoms with Crippen LogP contribution < -0.4 is 10.5 Å². The Balaban J connectivity index is 1.63. The number of fused-ring (bicyclic) bond motifs is 1. The Morgan fingerprint density at radius 3 is 2.59 bits per heavy atom. The molecule has 22 heavy (non-hydrogen) atoms. The zero-order valence-corrected chi connectivity index (χ0v) is 13.5. The first kappa shape index (κ1) is 15.2. The quantitative estimate of drug-likeness (QED) is 0.892. The molecule has 116 valence electrons. The minimum atomic E-state index is -3.68. The Hall–Kier alpha value is -1.70. The third kappa shape index (κ3) is 3.21. The minimum absolute atomic E-state index is 0.0669. The Morgan fingerprint density at radius 2 is 1.95 bits per heavy atom. The standard InChI is InChI=1S/C15H16N2O3S2/c16-22(19,20)12-6-4-10(5-7-12)9-17-15(18)14-8-11-2-1-3-13(11)21-14/h4-8H,1-3,9H2,(H,17,18)(H2,16,19,20). The van der Waals surface area contributed by atoms with Crippen LogP contribution in [0.15, 0.2) is 35.2 Å². The second kappa shape index (κ2) is 5.83. The molecule has 1 aliphatic carbocycles. The van der Waals surface area contributed by atoms with Crippen LogP contribution in [-0.4, -0.2) is 14.3 Å². The zero-order valence-electron chi connectivity index (χ0n) is 11.8. The fourth-order valence-electron chi connectivity index (χ4n) is 2.51. The molecule has 0 radical (unpaired) electrons. The molecule has 0 spiro atoms. The van der Waals surface area contributed by atoms with E-state index in [4.69, 9.17) is 5.14 Å². The lowest BCUT2D eigenvalue weighted by molar-refractivity contribution is 0.0955.